The molecule has 2 heterocycles. The molecule has 222 valence electrons. The number of rotatable bonds is 9. The van der Waals surface area contributed by atoms with E-state index in [1.54, 1.807) is 23.6 Å². The second-order valence-corrected chi connectivity index (χ2v) is 14.3. The van der Waals surface area contributed by atoms with Gasteiger partial charge in [-0.3, -0.25) is 9.59 Å². The molecule has 0 saturated carbocycles. The topological polar surface area (TPSA) is 90.3 Å². The number of amides is 2. The quantitative estimate of drug-likeness (QED) is 0.281. The third-order valence-electron chi connectivity index (χ3n) is 8.51. The highest BCUT2D eigenvalue weighted by Crippen LogP contribution is 2.58. The Hall–Kier alpha value is -2.06. The molecule has 1 spiro atoms. The van der Waals surface area contributed by atoms with Crippen LogP contribution >= 0.6 is 45.2 Å². The zero-order chi connectivity index (χ0) is 30.2. The molecule has 1 saturated heterocycles. The molecule has 0 bridgehead atoms. The Morgan fingerprint density at radius 2 is 1.69 bits per heavy atom. The van der Waals surface area contributed by atoms with Crippen LogP contribution in [0.25, 0.3) is 0 Å². The second kappa shape index (κ2) is 12.5. The van der Waals surface area contributed by atoms with Gasteiger partial charge in [-0.2, -0.15) is 0 Å². The highest BCUT2D eigenvalue weighted by Gasteiger charge is 2.66. The van der Waals surface area contributed by atoms with E-state index in [1.165, 1.54) is 0 Å². The van der Waals surface area contributed by atoms with Gasteiger partial charge in [-0.25, -0.2) is 0 Å². The molecule has 3 aromatic carbocycles. The first kappa shape index (κ1) is 31.4. The summed E-state index contributed by atoms with van der Waals surface area (Å²) in [5.74, 6) is -1.28. The summed E-state index contributed by atoms with van der Waals surface area (Å²) in [6.45, 7) is 6.15. The molecular weight excluding hydrogens is 758 g/mol. The minimum Gasteiger partial charge on any atom is -0.395 e. The van der Waals surface area contributed by atoms with E-state index in [0.717, 1.165) is 29.5 Å². The van der Waals surface area contributed by atoms with Gasteiger partial charge in [-0.05, 0) is 100 Å². The molecule has 1 fully saturated rings. The highest BCUT2D eigenvalue weighted by molar-refractivity contribution is 14.1. The van der Waals surface area contributed by atoms with Gasteiger partial charge in [0, 0.05) is 37.6 Å². The Kier molecular flexibility index (Phi) is 9.34. The van der Waals surface area contributed by atoms with E-state index < -0.39 is 29.1 Å². The van der Waals surface area contributed by atoms with Gasteiger partial charge in [0.15, 0.2) is 5.60 Å². The predicted octanol–water partition coefficient (Wildman–Crippen LogP) is 5.47. The fraction of sp³-hybridized carbons (Fsp3) is 0.394. The molecule has 0 radical (unpaired) electrons. The van der Waals surface area contributed by atoms with Gasteiger partial charge in [0.05, 0.1) is 37.0 Å². The maximum atomic E-state index is 14.5. The van der Waals surface area contributed by atoms with Crippen LogP contribution in [-0.4, -0.2) is 51.8 Å². The fourth-order valence-corrected chi connectivity index (χ4v) is 7.55. The Morgan fingerprint density at radius 1 is 1.02 bits per heavy atom. The highest BCUT2D eigenvalue weighted by atomic mass is 127. The summed E-state index contributed by atoms with van der Waals surface area (Å²) < 4.78 is 8.92. The van der Waals surface area contributed by atoms with Crippen LogP contribution in [-0.2, 0) is 33.0 Å². The zero-order valence-corrected chi connectivity index (χ0v) is 28.3. The average Bonchev–Trinajstić information content (AvgIpc) is 3.36. The smallest absolute Gasteiger partial charge is 0.264 e. The molecule has 3 aromatic rings. The van der Waals surface area contributed by atoms with E-state index >= 15 is 0 Å². The van der Waals surface area contributed by atoms with Crippen molar-refractivity contribution in [3.63, 3.8) is 0 Å². The van der Waals surface area contributed by atoms with Gasteiger partial charge in [0.25, 0.3) is 5.91 Å². The summed E-state index contributed by atoms with van der Waals surface area (Å²) >= 11 is 4.51. The van der Waals surface area contributed by atoms with Gasteiger partial charge in [-0.1, -0.05) is 49.4 Å². The van der Waals surface area contributed by atoms with Gasteiger partial charge in [-0.15, -0.1) is 0 Å². The average molecular weight is 794 g/mol. The van der Waals surface area contributed by atoms with Gasteiger partial charge in [0.1, 0.15) is 0 Å². The van der Waals surface area contributed by atoms with Crippen molar-refractivity contribution in [2.45, 2.75) is 57.6 Å². The van der Waals surface area contributed by atoms with Crippen LogP contribution in [0.1, 0.15) is 43.9 Å². The largest absolute Gasteiger partial charge is 0.395 e. The number of halogens is 2. The van der Waals surface area contributed by atoms with Crippen molar-refractivity contribution < 1.29 is 24.5 Å². The van der Waals surface area contributed by atoms with Gasteiger partial charge >= 0.3 is 0 Å². The van der Waals surface area contributed by atoms with Crippen LogP contribution in [0.4, 0.5) is 5.69 Å². The van der Waals surface area contributed by atoms with E-state index in [1.807, 2.05) is 79.7 Å². The lowest BCUT2D eigenvalue weighted by atomic mass is 9.71. The Morgan fingerprint density at radius 3 is 2.33 bits per heavy atom. The molecule has 2 aliphatic rings. The van der Waals surface area contributed by atoms with Crippen molar-refractivity contribution in [1.82, 2.24) is 4.90 Å². The monoisotopic (exact) mass is 794 g/mol. The summed E-state index contributed by atoms with van der Waals surface area (Å²) in [6.07, 6.45) is -0.727. The van der Waals surface area contributed by atoms with Crippen LogP contribution in [0.5, 0.6) is 0 Å². The first-order valence-electron chi connectivity index (χ1n) is 14.1. The summed E-state index contributed by atoms with van der Waals surface area (Å²) in [5, 5.41) is 21.2. The lowest BCUT2D eigenvalue weighted by Gasteiger charge is -2.34. The number of nitrogens with zero attached hydrogens (tertiary/aromatic N) is 2. The van der Waals surface area contributed by atoms with Crippen molar-refractivity contribution in [1.29, 1.82) is 0 Å². The maximum Gasteiger partial charge on any atom is 0.264 e. The minimum atomic E-state index is -1.34. The number of aliphatic hydroxyl groups is 2. The number of aliphatic hydroxyl groups excluding tert-OH is 1. The number of fused-ring (bicyclic) bond motifs is 2. The van der Waals surface area contributed by atoms with Crippen molar-refractivity contribution in [2.75, 3.05) is 18.1 Å². The number of hydrogen-bond donors (Lipinski definition) is 2. The van der Waals surface area contributed by atoms with Crippen molar-refractivity contribution in [2.24, 2.45) is 11.8 Å². The third kappa shape index (κ3) is 5.99. The number of hydrogen-bond acceptors (Lipinski definition) is 5. The molecule has 4 atom stereocenters. The number of carbonyl (C=O) groups is 2. The molecule has 0 unspecified atom stereocenters. The van der Waals surface area contributed by atoms with Crippen molar-refractivity contribution >= 4 is 62.7 Å². The standard InChI is InChI=1S/C33H36I2N2O5/c1-21-30(32(2,3)41)28(18-29(39)36(15-16-38)19-22-7-5-4-6-8-22)42-33(21)26-17-25(35)13-14-27(26)37(31(33)40)20-23-9-11-24(34)12-10-23/h4-14,17,21,28,30,38,41H,15-16,18-20H2,1-3H3/t21-,28+,30-,33+/m1/s1. The molecule has 9 heteroatoms. The zero-order valence-electron chi connectivity index (χ0n) is 24.0. The molecule has 7 nitrogen and oxygen atoms in total. The second-order valence-electron chi connectivity index (χ2n) is 11.8. The molecule has 0 aliphatic carbocycles. The van der Waals surface area contributed by atoms with Crippen molar-refractivity contribution in [3.05, 3.63) is 96.6 Å². The molecule has 0 aromatic heterocycles. The summed E-state index contributed by atoms with van der Waals surface area (Å²) in [4.78, 5) is 31.7. The van der Waals surface area contributed by atoms with E-state index in [9.17, 15) is 19.8 Å². The van der Waals surface area contributed by atoms with E-state index in [-0.39, 0.29) is 31.4 Å². The molecule has 5 rings (SSSR count). The van der Waals surface area contributed by atoms with Crippen LogP contribution in [0.3, 0.4) is 0 Å². The summed E-state index contributed by atoms with van der Waals surface area (Å²) in [5.41, 5.74) is 0.965. The number of carbonyl (C=O) groups excluding carboxylic acids is 2. The van der Waals surface area contributed by atoms with Crippen LogP contribution < -0.4 is 4.90 Å². The molecule has 2 amide bonds. The number of anilines is 1. The predicted molar refractivity (Wildman–Crippen MR) is 179 cm³/mol. The Bertz CT molecular complexity index is 1440. The maximum absolute atomic E-state index is 14.5. The van der Waals surface area contributed by atoms with Crippen LogP contribution in [0.2, 0.25) is 0 Å². The van der Waals surface area contributed by atoms with E-state index in [2.05, 4.69) is 45.2 Å². The van der Waals surface area contributed by atoms with Gasteiger partial charge in [0.2, 0.25) is 5.91 Å². The van der Waals surface area contributed by atoms with Gasteiger partial charge < -0.3 is 24.7 Å². The molecule has 2 aliphatic heterocycles. The molecule has 2 N–H and O–H groups in total. The normalized spacial score (nSPS) is 23.5. The lowest BCUT2D eigenvalue weighted by molar-refractivity contribution is -0.150. The first-order valence-corrected chi connectivity index (χ1v) is 16.3. The number of benzene rings is 3. The van der Waals surface area contributed by atoms with E-state index in [0.29, 0.717) is 13.1 Å². The fourth-order valence-electron chi connectivity index (χ4n) is 6.70. The van der Waals surface area contributed by atoms with Crippen molar-refractivity contribution in [3.8, 4) is 0 Å². The van der Waals surface area contributed by atoms with E-state index in [4.69, 9.17) is 4.74 Å². The first-order chi connectivity index (χ1) is 20.0. The number of ether oxygens (including phenoxy) is 1. The SMILES string of the molecule is C[C@@H]1[C@@H](C(C)(C)O)[C@H](CC(=O)N(CCO)Cc2ccccc2)O[C@@]12C(=O)N(Cc1ccc(I)cc1)c1ccc(I)cc12. The summed E-state index contributed by atoms with van der Waals surface area (Å²) in [7, 11) is 0. The Labute approximate surface area is 274 Å². The lowest BCUT2D eigenvalue weighted by Crippen LogP contribution is -2.46. The Balaban J connectivity index is 1.50. The molecule has 42 heavy (non-hydrogen) atoms. The van der Waals surface area contributed by atoms with Crippen LogP contribution in [0, 0.1) is 19.0 Å². The summed E-state index contributed by atoms with van der Waals surface area (Å²) in [6, 6.07) is 23.7. The third-order valence-corrected chi connectivity index (χ3v) is 9.90. The molecular formula is C33H36I2N2O5. The minimum absolute atomic E-state index is 0.0166. The van der Waals surface area contributed by atoms with Crippen LogP contribution in [0.15, 0.2) is 72.8 Å².